The third-order valence-electron chi connectivity index (χ3n) is 3.66. The Hall–Kier alpha value is -2.82. The number of urea groups is 1. The van der Waals surface area contributed by atoms with E-state index in [1.165, 1.54) is 0 Å². The maximum absolute atomic E-state index is 11.9. The van der Waals surface area contributed by atoms with Crippen LogP contribution in [0, 0.1) is 0 Å². The Balaban J connectivity index is 1.71. The molecule has 0 aliphatic rings. The summed E-state index contributed by atoms with van der Waals surface area (Å²) in [7, 11) is 0. The fourth-order valence-corrected chi connectivity index (χ4v) is 2.40. The average Bonchev–Trinajstić information content (AvgIpc) is 2.59. The van der Waals surface area contributed by atoms with Gasteiger partial charge < -0.3 is 16.4 Å². The molecule has 3 amide bonds. The maximum atomic E-state index is 11.9. The quantitative estimate of drug-likeness (QED) is 0.649. The molecule has 0 heterocycles. The van der Waals surface area contributed by atoms with Crippen molar-refractivity contribution in [2.24, 2.45) is 5.73 Å². The lowest BCUT2D eigenvalue weighted by Crippen LogP contribution is -2.29. The van der Waals surface area contributed by atoms with Crippen LogP contribution in [-0.2, 0) is 4.79 Å². The standard InChI is InChI=1S/C19H23N3O2/c20-19(24)21-14-6-2-5-9-18(23)22-17-12-10-16(11-13-17)15-7-3-1-4-8-15/h1,3-4,7-8,10-13H,2,5-6,9,14H2,(H,22,23)(H3,20,21,24). The van der Waals surface area contributed by atoms with Crippen molar-refractivity contribution in [3.63, 3.8) is 0 Å². The van der Waals surface area contributed by atoms with Gasteiger partial charge in [-0.2, -0.15) is 0 Å². The van der Waals surface area contributed by atoms with Gasteiger partial charge in [0.1, 0.15) is 0 Å². The van der Waals surface area contributed by atoms with Crippen molar-refractivity contribution in [3.05, 3.63) is 54.6 Å². The predicted molar refractivity (Wildman–Crippen MR) is 96.6 cm³/mol. The molecular formula is C19H23N3O2. The number of rotatable bonds is 8. The molecule has 0 atom stereocenters. The highest BCUT2D eigenvalue weighted by Gasteiger charge is 2.03. The van der Waals surface area contributed by atoms with Gasteiger partial charge in [0.15, 0.2) is 0 Å². The average molecular weight is 325 g/mol. The monoisotopic (exact) mass is 325 g/mol. The zero-order valence-corrected chi connectivity index (χ0v) is 13.6. The Morgan fingerprint density at radius 3 is 2.17 bits per heavy atom. The molecule has 0 saturated carbocycles. The second-order valence-electron chi connectivity index (χ2n) is 5.59. The van der Waals surface area contributed by atoms with E-state index >= 15 is 0 Å². The van der Waals surface area contributed by atoms with Crippen LogP contribution in [-0.4, -0.2) is 18.5 Å². The van der Waals surface area contributed by atoms with Crippen molar-refractivity contribution in [1.82, 2.24) is 5.32 Å². The SMILES string of the molecule is NC(=O)NCCCCCC(=O)Nc1ccc(-c2ccccc2)cc1. The van der Waals surface area contributed by atoms with Crippen molar-refractivity contribution in [1.29, 1.82) is 0 Å². The summed E-state index contributed by atoms with van der Waals surface area (Å²) in [5.41, 5.74) is 8.05. The van der Waals surface area contributed by atoms with Crippen molar-refractivity contribution >= 4 is 17.6 Å². The molecular weight excluding hydrogens is 302 g/mol. The summed E-state index contributed by atoms with van der Waals surface area (Å²) in [5, 5.41) is 5.43. The smallest absolute Gasteiger partial charge is 0.312 e. The fraction of sp³-hybridized carbons (Fsp3) is 0.263. The van der Waals surface area contributed by atoms with Crippen LogP contribution in [0.4, 0.5) is 10.5 Å². The van der Waals surface area contributed by atoms with E-state index in [2.05, 4.69) is 22.8 Å². The lowest BCUT2D eigenvalue weighted by Gasteiger charge is -2.07. The topological polar surface area (TPSA) is 84.2 Å². The van der Waals surface area contributed by atoms with Gasteiger partial charge in [0.2, 0.25) is 5.91 Å². The minimum atomic E-state index is -0.508. The van der Waals surface area contributed by atoms with Gasteiger partial charge in [-0.05, 0) is 36.1 Å². The summed E-state index contributed by atoms with van der Waals surface area (Å²) >= 11 is 0. The maximum Gasteiger partial charge on any atom is 0.312 e. The fourth-order valence-electron chi connectivity index (χ4n) is 2.40. The van der Waals surface area contributed by atoms with Crippen molar-refractivity contribution in [3.8, 4) is 11.1 Å². The number of unbranched alkanes of at least 4 members (excludes halogenated alkanes) is 2. The van der Waals surface area contributed by atoms with E-state index in [9.17, 15) is 9.59 Å². The zero-order valence-electron chi connectivity index (χ0n) is 13.6. The van der Waals surface area contributed by atoms with E-state index in [4.69, 9.17) is 5.73 Å². The lowest BCUT2D eigenvalue weighted by atomic mass is 10.1. The third kappa shape index (κ3) is 6.12. The molecule has 0 spiro atoms. The molecule has 0 bridgehead atoms. The van der Waals surface area contributed by atoms with Crippen LogP contribution in [0.1, 0.15) is 25.7 Å². The normalized spacial score (nSPS) is 10.2. The molecule has 4 N–H and O–H groups in total. The summed E-state index contributed by atoms with van der Waals surface area (Å²) in [4.78, 5) is 22.4. The van der Waals surface area contributed by atoms with Crippen LogP contribution >= 0.6 is 0 Å². The molecule has 0 aromatic heterocycles. The van der Waals surface area contributed by atoms with Crippen LogP contribution < -0.4 is 16.4 Å². The van der Waals surface area contributed by atoms with Crippen molar-refractivity contribution in [2.75, 3.05) is 11.9 Å². The number of hydrogen-bond donors (Lipinski definition) is 3. The molecule has 2 aromatic rings. The van der Waals surface area contributed by atoms with E-state index in [-0.39, 0.29) is 5.91 Å². The number of benzene rings is 2. The Kier molecular flexibility index (Phi) is 6.83. The van der Waals surface area contributed by atoms with Crippen LogP contribution in [0.15, 0.2) is 54.6 Å². The van der Waals surface area contributed by atoms with Gasteiger partial charge in [-0.15, -0.1) is 0 Å². The molecule has 2 rings (SSSR count). The highest BCUT2D eigenvalue weighted by atomic mass is 16.2. The lowest BCUT2D eigenvalue weighted by molar-refractivity contribution is -0.116. The number of anilines is 1. The van der Waals surface area contributed by atoms with E-state index in [1.807, 2.05) is 42.5 Å². The Labute approximate surface area is 142 Å². The van der Waals surface area contributed by atoms with Gasteiger partial charge >= 0.3 is 6.03 Å². The molecule has 126 valence electrons. The molecule has 0 saturated heterocycles. The van der Waals surface area contributed by atoms with Crippen LogP contribution in [0.2, 0.25) is 0 Å². The van der Waals surface area contributed by atoms with Gasteiger partial charge in [-0.25, -0.2) is 4.79 Å². The number of nitrogens with one attached hydrogen (secondary N) is 2. The first-order valence-corrected chi connectivity index (χ1v) is 8.14. The number of amides is 3. The molecule has 5 nitrogen and oxygen atoms in total. The first kappa shape index (κ1) is 17.5. The number of nitrogens with two attached hydrogens (primary N) is 1. The summed E-state index contributed by atoms with van der Waals surface area (Å²) < 4.78 is 0. The molecule has 5 heteroatoms. The van der Waals surface area contributed by atoms with E-state index in [0.29, 0.717) is 13.0 Å². The number of carbonyl (C=O) groups is 2. The van der Waals surface area contributed by atoms with Crippen LogP contribution in [0.3, 0.4) is 0 Å². The number of carbonyl (C=O) groups excluding carboxylic acids is 2. The minimum absolute atomic E-state index is 0.00493. The molecule has 0 fully saturated rings. The highest BCUT2D eigenvalue weighted by Crippen LogP contribution is 2.21. The van der Waals surface area contributed by atoms with E-state index < -0.39 is 6.03 Å². The predicted octanol–water partition coefficient (Wildman–Crippen LogP) is 3.52. The second kappa shape index (κ2) is 9.35. The van der Waals surface area contributed by atoms with Crippen molar-refractivity contribution < 1.29 is 9.59 Å². The Morgan fingerprint density at radius 1 is 0.833 bits per heavy atom. The summed E-state index contributed by atoms with van der Waals surface area (Å²) in [6.45, 7) is 0.553. The van der Waals surface area contributed by atoms with Gasteiger partial charge in [-0.3, -0.25) is 4.79 Å². The summed E-state index contributed by atoms with van der Waals surface area (Å²) in [6, 6.07) is 17.4. The summed E-state index contributed by atoms with van der Waals surface area (Å²) in [5.74, 6) is 0.00493. The molecule has 0 aliphatic heterocycles. The molecule has 2 aromatic carbocycles. The first-order chi connectivity index (χ1) is 11.6. The summed E-state index contributed by atoms with van der Waals surface area (Å²) in [6.07, 6.45) is 2.95. The van der Waals surface area contributed by atoms with Crippen LogP contribution in [0.25, 0.3) is 11.1 Å². The minimum Gasteiger partial charge on any atom is -0.352 e. The molecule has 0 aliphatic carbocycles. The largest absolute Gasteiger partial charge is 0.352 e. The Morgan fingerprint density at radius 2 is 1.50 bits per heavy atom. The van der Waals surface area contributed by atoms with Crippen LogP contribution in [0.5, 0.6) is 0 Å². The van der Waals surface area contributed by atoms with Crippen molar-refractivity contribution in [2.45, 2.75) is 25.7 Å². The highest BCUT2D eigenvalue weighted by molar-refractivity contribution is 5.90. The Bertz CT molecular complexity index is 654. The number of hydrogen-bond acceptors (Lipinski definition) is 2. The van der Waals surface area contributed by atoms with Gasteiger partial charge in [0.25, 0.3) is 0 Å². The number of primary amides is 1. The van der Waals surface area contributed by atoms with E-state index in [0.717, 1.165) is 36.1 Å². The van der Waals surface area contributed by atoms with Gasteiger partial charge in [0, 0.05) is 18.7 Å². The molecule has 24 heavy (non-hydrogen) atoms. The molecule has 0 radical (unpaired) electrons. The van der Waals surface area contributed by atoms with Gasteiger partial charge in [0.05, 0.1) is 0 Å². The first-order valence-electron chi connectivity index (χ1n) is 8.14. The third-order valence-corrected chi connectivity index (χ3v) is 3.66. The second-order valence-corrected chi connectivity index (χ2v) is 5.59. The van der Waals surface area contributed by atoms with Gasteiger partial charge in [-0.1, -0.05) is 48.9 Å². The zero-order chi connectivity index (χ0) is 17.2. The van der Waals surface area contributed by atoms with E-state index in [1.54, 1.807) is 0 Å². The molecule has 0 unspecified atom stereocenters.